The molecule has 7 heteroatoms. The van der Waals surface area contributed by atoms with Crippen molar-refractivity contribution >= 4 is 5.97 Å². The normalized spacial score (nSPS) is 17.3. The van der Waals surface area contributed by atoms with Crippen LogP contribution in [0.25, 0.3) is 0 Å². The van der Waals surface area contributed by atoms with Crippen LogP contribution in [0, 0.1) is 0 Å². The van der Waals surface area contributed by atoms with Crippen molar-refractivity contribution in [1.82, 2.24) is 20.2 Å². The lowest BCUT2D eigenvalue weighted by Crippen LogP contribution is -2.24. The van der Waals surface area contributed by atoms with Crippen LogP contribution in [0.2, 0.25) is 0 Å². The second-order valence-corrected chi connectivity index (χ2v) is 3.51. The molecule has 0 atom stereocenters. The number of aromatic nitrogens is 4. The van der Waals surface area contributed by atoms with E-state index in [0.29, 0.717) is 19.8 Å². The summed E-state index contributed by atoms with van der Waals surface area (Å²) in [5, 5.41) is 11.1. The average Bonchev–Trinajstić information content (AvgIpc) is 2.79. The van der Waals surface area contributed by atoms with E-state index in [9.17, 15) is 4.79 Å². The first-order valence-corrected chi connectivity index (χ1v) is 5.35. The summed E-state index contributed by atoms with van der Waals surface area (Å²) in [7, 11) is 0. The Bertz CT molecular complexity index is 359. The molecule has 1 aromatic heterocycles. The summed E-state index contributed by atoms with van der Waals surface area (Å²) in [6, 6.07) is 0.128. The van der Waals surface area contributed by atoms with Gasteiger partial charge in [-0.2, -0.15) is 0 Å². The molecular weight excluding hydrogens is 212 g/mol. The smallest absolute Gasteiger partial charge is 0.378 e. The van der Waals surface area contributed by atoms with Gasteiger partial charge < -0.3 is 9.47 Å². The number of rotatable bonds is 3. The third-order valence-corrected chi connectivity index (χ3v) is 2.49. The Morgan fingerprint density at radius 2 is 2.31 bits per heavy atom. The number of ether oxygens (including phenoxy) is 2. The van der Waals surface area contributed by atoms with Crippen molar-refractivity contribution in [2.75, 3.05) is 19.8 Å². The molecule has 1 saturated heterocycles. The highest BCUT2D eigenvalue weighted by atomic mass is 16.5. The SMILES string of the molecule is CCOC(=O)c1nnnn1C1CCOCC1. The van der Waals surface area contributed by atoms with Gasteiger partial charge in [0.1, 0.15) is 0 Å². The fourth-order valence-corrected chi connectivity index (χ4v) is 1.70. The molecule has 0 spiro atoms. The van der Waals surface area contributed by atoms with Crippen molar-refractivity contribution in [1.29, 1.82) is 0 Å². The molecule has 0 aliphatic carbocycles. The van der Waals surface area contributed by atoms with Gasteiger partial charge in [-0.15, -0.1) is 5.10 Å². The van der Waals surface area contributed by atoms with Gasteiger partial charge in [-0.1, -0.05) is 0 Å². The molecule has 16 heavy (non-hydrogen) atoms. The highest BCUT2D eigenvalue weighted by molar-refractivity contribution is 5.85. The van der Waals surface area contributed by atoms with E-state index in [-0.39, 0.29) is 11.9 Å². The van der Waals surface area contributed by atoms with Gasteiger partial charge in [0, 0.05) is 13.2 Å². The zero-order valence-electron chi connectivity index (χ0n) is 9.13. The molecule has 0 aromatic carbocycles. The predicted molar refractivity (Wildman–Crippen MR) is 52.9 cm³/mol. The van der Waals surface area contributed by atoms with E-state index in [1.165, 1.54) is 0 Å². The minimum atomic E-state index is -0.473. The first kappa shape index (κ1) is 11.0. The number of esters is 1. The molecule has 0 bridgehead atoms. The largest absolute Gasteiger partial charge is 0.460 e. The van der Waals surface area contributed by atoms with Crippen LogP contribution in [0.1, 0.15) is 36.4 Å². The van der Waals surface area contributed by atoms with Crippen molar-refractivity contribution < 1.29 is 14.3 Å². The number of carbonyl (C=O) groups is 1. The quantitative estimate of drug-likeness (QED) is 0.685. The average molecular weight is 226 g/mol. The summed E-state index contributed by atoms with van der Waals surface area (Å²) in [5.74, 6) is -0.298. The Morgan fingerprint density at radius 3 is 3.00 bits per heavy atom. The molecule has 88 valence electrons. The topological polar surface area (TPSA) is 79.1 Å². The van der Waals surface area contributed by atoms with E-state index in [2.05, 4.69) is 15.5 Å². The molecule has 1 fully saturated rings. The van der Waals surface area contributed by atoms with Gasteiger partial charge in [0.2, 0.25) is 0 Å². The van der Waals surface area contributed by atoms with Crippen LogP contribution < -0.4 is 0 Å². The Labute approximate surface area is 92.7 Å². The summed E-state index contributed by atoms with van der Waals surface area (Å²) in [6.07, 6.45) is 1.63. The van der Waals surface area contributed by atoms with Gasteiger partial charge in [-0.3, -0.25) is 0 Å². The van der Waals surface area contributed by atoms with Crippen molar-refractivity contribution in [2.24, 2.45) is 0 Å². The molecule has 0 radical (unpaired) electrons. The van der Waals surface area contributed by atoms with E-state index in [0.717, 1.165) is 12.8 Å². The summed E-state index contributed by atoms with van der Waals surface area (Å²) in [4.78, 5) is 11.6. The third kappa shape index (κ3) is 2.19. The van der Waals surface area contributed by atoms with Crippen LogP contribution in [0.5, 0.6) is 0 Å². The molecule has 0 N–H and O–H groups in total. The van der Waals surface area contributed by atoms with Gasteiger partial charge in [0.05, 0.1) is 12.6 Å². The highest BCUT2D eigenvalue weighted by Gasteiger charge is 2.24. The van der Waals surface area contributed by atoms with E-state index in [1.807, 2.05) is 0 Å². The van der Waals surface area contributed by atoms with E-state index >= 15 is 0 Å². The standard InChI is InChI=1S/C9H14N4O3/c1-2-16-9(14)8-10-11-12-13(8)7-3-5-15-6-4-7/h7H,2-6H2,1H3. The molecule has 2 rings (SSSR count). The fourth-order valence-electron chi connectivity index (χ4n) is 1.70. The maximum atomic E-state index is 11.6. The first-order valence-electron chi connectivity index (χ1n) is 5.35. The number of hydrogen-bond acceptors (Lipinski definition) is 6. The summed E-state index contributed by atoms with van der Waals surface area (Å²) < 4.78 is 11.7. The van der Waals surface area contributed by atoms with Crippen LogP contribution in [-0.4, -0.2) is 46.0 Å². The second kappa shape index (κ2) is 5.02. The third-order valence-electron chi connectivity index (χ3n) is 2.49. The molecule has 0 unspecified atom stereocenters. The van der Waals surface area contributed by atoms with Crippen LogP contribution >= 0.6 is 0 Å². The van der Waals surface area contributed by atoms with E-state index in [1.54, 1.807) is 11.6 Å². The maximum Gasteiger partial charge on any atom is 0.378 e. The van der Waals surface area contributed by atoms with Crippen molar-refractivity contribution in [3.63, 3.8) is 0 Å². The Hall–Kier alpha value is -1.50. The number of tetrazole rings is 1. The lowest BCUT2D eigenvalue weighted by Gasteiger charge is -2.22. The number of hydrogen-bond donors (Lipinski definition) is 0. The molecule has 1 aliphatic rings. The Morgan fingerprint density at radius 1 is 1.56 bits per heavy atom. The second-order valence-electron chi connectivity index (χ2n) is 3.51. The van der Waals surface area contributed by atoms with Gasteiger partial charge in [-0.25, -0.2) is 9.48 Å². The summed E-state index contributed by atoms with van der Waals surface area (Å²) in [5.41, 5.74) is 0. The minimum Gasteiger partial charge on any atom is -0.460 e. The van der Waals surface area contributed by atoms with Gasteiger partial charge in [0.15, 0.2) is 0 Å². The zero-order valence-corrected chi connectivity index (χ0v) is 9.13. The Kier molecular flexibility index (Phi) is 3.45. The predicted octanol–water partition coefficient (Wildman–Crippen LogP) is 0.201. The molecule has 0 saturated carbocycles. The monoisotopic (exact) mass is 226 g/mol. The minimum absolute atomic E-state index is 0.128. The summed E-state index contributed by atoms with van der Waals surface area (Å²) in [6.45, 7) is 3.42. The van der Waals surface area contributed by atoms with Gasteiger partial charge in [-0.05, 0) is 30.2 Å². The molecule has 1 aromatic rings. The van der Waals surface area contributed by atoms with Crippen LogP contribution in [-0.2, 0) is 9.47 Å². The van der Waals surface area contributed by atoms with Crippen molar-refractivity contribution in [2.45, 2.75) is 25.8 Å². The lowest BCUT2D eigenvalue weighted by molar-refractivity contribution is 0.0460. The number of carbonyl (C=O) groups excluding carboxylic acids is 1. The first-order chi connectivity index (χ1) is 7.83. The van der Waals surface area contributed by atoms with Gasteiger partial charge >= 0.3 is 5.97 Å². The zero-order chi connectivity index (χ0) is 11.4. The lowest BCUT2D eigenvalue weighted by atomic mass is 10.1. The highest BCUT2D eigenvalue weighted by Crippen LogP contribution is 2.20. The molecule has 2 heterocycles. The van der Waals surface area contributed by atoms with Crippen LogP contribution in [0.15, 0.2) is 0 Å². The van der Waals surface area contributed by atoms with Crippen LogP contribution in [0.4, 0.5) is 0 Å². The maximum absolute atomic E-state index is 11.6. The summed E-state index contributed by atoms with van der Waals surface area (Å²) >= 11 is 0. The number of nitrogens with zero attached hydrogens (tertiary/aromatic N) is 4. The van der Waals surface area contributed by atoms with E-state index < -0.39 is 5.97 Å². The molecule has 7 nitrogen and oxygen atoms in total. The Balaban J connectivity index is 2.14. The van der Waals surface area contributed by atoms with Crippen molar-refractivity contribution in [3.05, 3.63) is 5.82 Å². The van der Waals surface area contributed by atoms with Crippen molar-refractivity contribution in [3.8, 4) is 0 Å². The fraction of sp³-hybridized carbons (Fsp3) is 0.778. The van der Waals surface area contributed by atoms with E-state index in [4.69, 9.17) is 9.47 Å². The molecular formula is C9H14N4O3. The molecule has 0 amide bonds. The van der Waals surface area contributed by atoms with Gasteiger partial charge in [0.25, 0.3) is 5.82 Å². The molecule has 1 aliphatic heterocycles. The van der Waals surface area contributed by atoms with Crippen LogP contribution in [0.3, 0.4) is 0 Å².